The maximum Gasteiger partial charge on any atom is 1.00 e. The van der Waals surface area contributed by atoms with E-state index in [0.29, 0.717) is 5.56 Å². The van der Waals surface area contributed by atoms with E-state index in [1.54, 1.807) is 45.0 Å². The van der Waals surface area contributed by atoms with Gasteiger partial charge in [0.1, 0.15) is 0 Å². The number of hydrogen-bond donors (Lipinski definition) is 2. The predicted molar refractivity (Wildman–Crippen MR) is 68.4 cm³/mol. The van der Waals surface area contributed by atoms with E-state index >= 15 is 0 Å². The molecular weight excluding hydrogens is 239 g/mol. The van der Waals surface area contributed by atoms with E-state index in [2.05, 4.69) is 0 Å². The average Bonchev–Trinajstić information content (AvgIpc) is 2.24. The zero-order valence-corrected chi connectivity index (χ0v) is 11.8. The Morgan fingerprint density at radius 1 is 1.05 bits per heavy atom. The molecular formula is C14H19LiO4. The van der Waals surface area contributed by atoms with Crippen LogP contribution in [0.25, 0.3) is 0 Å². The van der Waals surface area contributed by atoms with Gasteiger partial charge >= 0.3 is 30.8 Å². The Hall–Kier alpha value is -1.24. The van der Waals surface area contributed by atoms with Crippen LogP contribution in [0.4, 0.5) is 0 Å². The molecule has 19 heavy (non-hydrogen) atoms. The van der Waals surface area contributed by atoms with Gasteiger partial charge in [-0.25, -0.2) is 0 Å². The maximum absolute atomic E-state index is 11.5. The SMILES string of the molecule is CC(C)(C)C(Cc1ccccc1)(C(=O)O)C(=O)O.[H-].[Li+]. The predicted octanol–water partition coefficient (Wildman–Crippen LogP) is -0.453. The standard InChI is InChI=1S/C14H18O4.Li.H/c1-13(2,3)14(11(15)16,12(17)18)9-10-7-5-4-6-8-10;;/h4-8H,9H2,1-3H3,(H,15,16)(H,17,18);;/q;+1;-1. The summed E-state index contributed by atoms with van der Waals surface area (Å²) in [6.07, 6.45) is -0.0258. The fourth-order valence-corrected chi connectivity index (χ4v) is 2.05. The summed E-state index contributed by atoms with van der Waals surface area (Å²) in [5.74, 6) is -2.60. The molecule has 0 saturated heterocycles. The third-order valence-corrected chi connectivity index (χ3v) is 3.32. The quantitative estimate of drug-likeness (QED) is 0.566. The minimum Gasteiger partial charge on any atom is -1.00 e. The number of aliphatic carboxylic acids is 2. The summed E-state index contributed by atoms with van der Waals surface area (Å²) < 4.78 is 0. The topological polar surface area (TPSA) is 74.6 Å². The van der Waals surface area contributed by atoms with Crippen LogP contribution in [0, 0.1) is 10.8 Å². The summed E-state index contributed by atoms with van der Waals surface area (Å²) in [5, 5.41) is 18.8. The van der Waals surface area contributed by atoms with Crippen molar-refractivity contribution in [3.8, 4) is 0 Å². The first-order valence-electron chi connectivity index (χ1n) is 5.72. The molecule has 0 atom stereocenters. The van der Waals surface area contributed by atoms with E-state index in [9.17, 15) is 19.8 Å². The minimum absolute atomic E-state index is 0. The van der Waals surface area contributed by atoms with Gasteiger partial charge in [-0.3, -0.25) is 9.59 Å². The molecule has 1 aromatic carbocycles. The van der Waals surface area contributed by atoms with Crippen LogP contribution in [0.1, 0.15) is 27.8 Å². The van der Waals surface area contributed by atoms with Gasteiger partial charge < -0.3 is 11.6 Å². The van der Waals surface area contributed by atoms with Gasteiger partial charge in [-0.15, -0.1) is 0 Å². The van der Waals surface area contributed by atoms with Crippen molar-refractivity contribution >= 4 is 11.9 Å². The molecule has 0 amide bonds. The Bertz CT molecular complexity index is 440. The molecule has 1 aromatic rings. The number of carbonyl (C=O) groups is 2. The van der Waals surface area contributed by atoms with Crippen molar-refractivity contribution in [2.75, 3.05) is 0 Å². The second-order valence-electron chi connectivity index (χ2n) is 5.43. The summed E-state index contributed by atoms with van der Waals surface area (Å²) >= 11 is 0. The Balaban J connectivity index is 0. The number of hydrogen-bond acceptors (Lipinski definition) is 2. The molecule has 2 N–H and O–H groups in total. The monoisotopic (exact) mass is 258 g/mol. The van der Waals surface area contributed by atoms with E-state index < -0.39 is 22.8 Å². The van der Waals surface area contributed by atoms with Crippen LogP contribution in [0.3, 0.4) is 0 Å². The van der Waals surface area contributed by atoms with Crippen LogP contribution in [0.15, 0.2) is 30.3 Å². The van der Waals surface area contributed by atoms with Crippen LogP contribution in [-0.4, -0.2) is 22.2 Å². The third-order valence-electron chi connectivity index (χ3n) is 3.32. The average molecular weight is 258 g/mol. The van der Waals surface area contributed by atoms with Crippen molar-refractivity contribution in [2.45, 2.75) is 27.2 Å². The summed E-state index contributed by atoms with van der Waals surface area (Å²) in [5.41, 5.74) is -2.01. The zero-order valence-electron chi connectivity index (χ0n) is 12.8. The summed E-state index contributed by atoms with van der Waals surface area (Å²) in [6.45, 7) is 4.91. The molecule has 0 unspecified atom stereocenters. The van der Waals surface area contributed by atoms with Crippen molar-refractivity contribution in [1.82, 2.24) is 0 Å². The minimum atomic E-state index is -1.83. The number of carboxylic acids is 2. The van der Waals surface area contributed by atoms with E-state index in [4.69, 9.17) is 0 Å². The maximum atomic E-state index is 11.5. The first-order valence-corrected chi connectivity index (χ1v) is 5.72. The molecule has 0 radical (unpaired) electrons. The fraction of sp³-hybridized carbons (Fsp3) is 0.429. The van der Waals surface area contributed by atoms with Gasteiger partial charge in [-0.05, 0) is 17.4 Å². The molecule has 0 aromatic heterocycles. The fourth-order valence-electron chi connectivity index (χ4n) is 2.05. The van der Waals surface area contributed by atoms with Crippen LogP contribution in [0.5, 0.6) is 0 Å². The summed E-state index contributed by atoms with van der Waals surface area (Å²) in [4.78, 5) is 23.1. The second kappa shape index (κ2) is 6.27. The van der Waals surface area contributed by atoms with Crippen molar-refractivity contribution < 1.29 is 40.1 Å². The van der Waals surface area contributed by atoms with E-state index in [1.807, 2.05) is 6.07 Å². The molecule has 1 rings (SSSR count). The number of carboxylic acid groups (broad SMARTS) is 2. The van der Waals surface area contributed by atoms with Crippen molar-refractivity contribution in [3.63, 3.8) is 0 Å². The van der Waals surface area contributed by atoms with Gasteiger partial charge in [0.05, 0.1) is 0 Å². The summed E-state index contributed by atoms with van der Waals surface area (Å²) in [6, 6.07) is 8.83. The van der Waals surface area contributed by atoms with Gasteiger partial charge in [0.2, 0.25) is 0 Å². The first-order chi connectivity index (χ1) is 8.22. The molecule has 0 aliphatic rings. The molecule has 0 spiro atoms. The normalized spacial score (nSPS) is 11.5. The van der Waals surface area contributed by atoms with Gasteiger partial charge in [-0.2, -0.15) is 0 Å². The van der Waals surface area contributed by atoms with Gasteiger partial charge in [0.15, 0.2) is 5.41 Å². The summed E-state index contributed by atoms with van der Waals surface area (Å²) in [7, 11) is 0. The largest absolute Gasteiger partial charge is 1.00 e. The van der Waals surface area contributed by atoms with Crippen LogP contribution < -0.4 is 18.9 Å². The molecule has 0 heterocycles. The Morgan fingerprint density at radius 3 is 1.79 bits per heavy atom. The Morgan fingerprint density at radius 2 is 1.47 bits per heavy atom. The molecule has 5 heteroatoms. The molecule has 0 fully saturated rings. The third kappa shape index (κ3) is 3.40. The Kier molecular flexibility index (Phi) is 5.86. The molecule has 0 saturated carbocycles. The zero-order chi connectivity index (χ0) is 14.0. The van der Waals surface area contributed by atoms with E-state index in [0.717, 1.165) is 0 Å². The number of benzene rings is 1. The Labute approximate surface area is 126 Å². The van der Waals surface area contributed by atoms with E-state index in [-0.39, 0.29) is 26.7 Å². The van der Waals surface area contributed by atoms with Crippen LogP contribution in [-0.2, 0) is 16.0 Å². The van der Waals surface area contributed by atoms with Gasteiger partial charge in [-0.1, -0.05) is 51.1 Å². The number of rotatable bonds is 4. The van der Waals surface area contributed by atoms with Gasteiger partial charge in [0.25, 0.3) is 0 Å². The van der Waals surface area contributed by atoms with Crippen molar-refractivity contribution in [2.24, 2.45) is 10.8 Å². The first kappa shape index (κ1) is 17.8. The molecule has 0 bridgehead atoms. The van der Waals surface area contributed by atoms with Crippen LogP contribution >= 0.6 is 0 Å². The van der Waals surface area contributed by atoms with E-state index in [1.165, 1.54) is 0 Å². The molecule has 100 valence electrons. The second-order valence-corrected chi connectivity index (χ2v) is 5.43. The van der Waals surface area contributed by atoms with Crippen molar-refractivity contribution in [3.05, 3.63) is 35.9 Å². The molecule has 0 aliphatic heterocycles. The van der Waals surface area contributed by atoms with Crippen LogP contribution in [0.2, 0.25) is 0 Å². The van der Waals surface area contributed by atoms with Crippen molar-refractivity contribution in [1.29, 1.82) is 0 Å². The molecule has 4 nitrogen and oxygen atoms in total. The molecule has 0 aliphatic carbocycles. The smallest absolute Gasteiger partial charge is 1.00 e. The van der Waals surface area contributed by atoms with Gasteiger partial charge in [0, 0.05) is 0 Å².